The van der Waals surface area contributed by atoms with E-state index < -0.39 is 6.10 Å². The van der Waals surface area contributed by atoms with Crippen molar-refractivity contribution >= 4 is 11.6 Å². The van der Waals surface area contributed by atoms with Crippen molar-refractivity contribution in [2.45, 2.75) is 44.5 Å². The van der Waals surface area contributed by atoms with Gasteiger partial charge in [-0.3, -0.25) is 0 Å². The van der Waals surface area contributed by atoms with Crippen LogP contribution < -0.4 is 9.47 Å². The lowest BCUT2D eigenvalue weighted by Gasteiger charge is -2.33. The number of aliphatic hydroxyl groups is 1. The van der Waals surface area contributed by atoms with Gasteiger partial charge in [-0.1, -0.05) is 48.0 Å². The topological polar surface area (TPSA) is 47.9 Å². The molecule has 0 spiro atoms. The Morgan fingerprint density at radius 3 is 2.53 bits per heavy atom. The van der Waals surface area contributed by atoms with Gasteiger partial charge in [0.2, 0.25) is 0 Å². The first-order valence-corrected chi connectivity index (χ1v) is 11.3. The Kier molecular flexibility index (Phi) is 7.36. The minimum Gasteiger partial charge on any atom is -0.497 e. The molecule has 0 saturated carbocycles. The van der Waals surface area contributed by atoms with Crippen LogP contribution in [0.25, 0.3) is 0 Å². The van der Waals surface area contributed by atoms with Crippen molar-refractivity contribution in [3.63, 3.8) is 0 Å². The highest BCUT2D eigenvalue weighted by Crippen LogP contribution is 2.34. The average Bonchev–Trinajstić information content (AvgIpc) is 2.80. The van der Waals surface area contributed by atoms with Gasteiger partial charge in [0, 0.05) is 17.9 Å². The summed E-state index contributed by atoms with van der Waals surface area (Å²) in [5, 5.41) is 11.2. The number of halogens is 1. The van der Waals surface area contributed by atoms with E-state index in [1.54, 1.807) is 7.11 Å². The maximum Gasteiger partial charge on any atom is 0.119 e. The fourth-order valence-electron chi connectivity index (χ4n) is 4.15. The van der Waals surface area contributed by atoms with Gasteiger partial charge in [-0.15, -0.1) is 0 Å². The van der Waals surface area contributed by atoms with E-state index in [9.17, 15) is 5.11 Å². The van der Waals surface area contributed by atoms with E-state index in [0.717, 1.165) is 39.6 Å². The minimum absolute atomic E-state index is 0.174. The lowest BCUT2D eigenvalue weighted by Crippen LogP contribution is -2.35. The second-order valence-corrected chi connectivity index (χ2v) is 8.72. The van der Waals surface area contributed by atoms with Gasteiger partial charge >= 0.3 is 0 Å². The maximum absolute atomic E-state index is 10.5. The lowest BCUT2D eigenvalue weighted by molar-refractivity contribution is -0.110. The number of benzene rings is 3. The highest BCUT2D eigenvalue weighted by atomic mass is 35.5. The molecule has 1 aliphatic rings. The molecule has 0 radical (unpaired) electrons. The molecule has 1 fully saturated rings. The summed E-state index contributed by atoms with van der Waals surface area (Å²) >= 11 is 6.54. The Bertz CT molecular complexity index is 1040. The van der Waals surface area contributed by atoms with Gasteiger partial charge in [-0.2, -0.15) is 0 Å². The number of hydrogen-bond acceptors (Lipinski definition) is 4. The van der Waals surface area contributed by atoms with Gasteiger partial charge in [0.05, 0.1) is 25.4 Å². The number of rotatable bonds is 7. The third-order valence-electron chi connectivity index (χ3n) is 5.93. The zero-order valence-corrected chi connectivity index (χ0v) is 19.2. The summed E-state index contributed by atoms with van der Waals surface area (Å²) in [5.41, 5.74) is 4.43. The number of ether oxygens (including phenoxy) is 3. The smallest absolute Gasteiger partial charge is 0.119 e. The van der Waals surface area contributed by atoms with Gasteiger partial charge in [-0.05, 0) is 65.9 Å². The largest absolute Gasteiger partial charge is 0.497 e. The van der Waals surface area contributed by atoms with Crippen molar-refractivity contribution in [2.24, 2.45) is 0 Å². The molecular formula is C27H29ClO4. The molecule has 4 rings (SSSR count). The molecule has 5 heteroatoms. The summed E-state index contributed by atoms with van der Waals surface area (Å²) in [7, 11) is 1.67. The first-order chi connectivity index (χ1) is 15.5. The van der Waals surface area contributed by atoms with E-state index in [-0.39, 0.29) is 12.2 Å². The number of aryl methyl sites for hydroxylation is 1. The number of methoxy groups -OCH3 is 1. The molecule has 0 amide bonds. The fourth-order valence-corrected chi connectivity index (χ4v) is 4.33. The van der Waals surface area contributed by atoms with E-state index in [0.29, 0.717) is 19.4 Å². The maximum atomic E-state index is 10.5. The molecule has 3 aromatic rings. The monoisotopic (exact) mass is 452 g/mol. The predicted octanol–water partition coefficient (Wildman–Crippen LogP) is 5.91. The second kappa shape index (κ2) is 10.4. The molecule has 0 aromatic heterocycles. The van der Waals surface area contributed by atoms with Crippen LogP contribution in [0.5, 0.6) is 11.5 Å². The van der Waals surface area contributed by atoms with Crippen LogP contribution in [0.1, 0.15) is 41.2 Å². The average molecular weight is 453 g/mol. The van der Waals surface area contributed by atoms with E-state index in [1.807, 2.05) is 54.6 Å². The van der Waals surface area contributed by atoms with Crippen LogP contribution in [-0.2, 0) is 11.2 Å². The summed E-state index contributed by atoms with van der Waals surface area (Å²) in [6.07, 6.45) is 1.04. The van der Waals surface area contributed by atoms with Gasteiger partial charge in [0.25, 0.3) is 0 Å². The molecule has 0 aliphatic carbocycles. The first kappa shape index (κ1) is 22.7. The molecule has 1 heterocycles. The molecule has 1 saturated heterocycles. The molecule has 0 bridgehead atoms. The normalized spacial score (nSPS) is 20.7. The zero-order chi connectivity index (χ0) is 22.5. The number of aliphatic hydroxyl groups excluding tert-OH is 1. The van der Waals surface area contributed by atoms with Crippen LogP contribution >= 0.6 is 11.6 Å². The summed E-state index contributed by atoms with van der Waals surface area (Å²) in [6.45, 7) is 2.48. The zero-order valence-electron chi connectivity index (χ0n) is 18.5. The van der Waals surface area contributed by atoms with E-state index in [1.165, 1.54) is 5.56 Å². The van der Waals surface area contributed by atoms with Gasteiger partial charge in [0.15, 0.2) is 0 Å². The predicted molar refractivity (Wildman–Crippen MR) is 127 cm³/mol. The third-order valence-corrected chi connectivity index (χ3v) is 6.30. The van der Waals surface area contributed by atoms with Crippen LogP contribution in [0.2, 0.25) is 5.02 Å². The Hall–Kier alpha value is -2.53. The van der Waals surface area contributed by atoms with Crippen LogP contribution in [0.15, 0.2) is 66.7 Å². The summed E-state index contributed by atoms with van der Waals surface area (Å²) in [4.78, 5) is 0. The molecule has 3 aromatic carbocycles. The van der Waals surface area contributed by atoms with Gasteiger partial charge in [0.1, 0.15) is 18.1 Å². The van der Waals surface area contributed by atoms with Crippen LogP contribution in [0, 0.1) is 6.92 Å². The van der Waals surface area contributed by atoms with Crippen molar-refractivity contribution in [3.8, 4) is 11.5 Å². The lowest BCUT2D eigenvalue weighted by atomic mass is 9.93. The molecule has 3 atom stereocenters. The Labute approximate surface area is 194 Å². The van der Waals surface area contributed by atoms with Crippen LogP contribution in [0.3, 0.4) is 0 Å². The van der Waals surface area contributed by atoms with Crippen molar-refractivity contribution in [1.29, 1.82) is 0 Å². The number of para-hydroxylation sites is 1. The molecule has 168 valence electrons. The molecule has 1 aliphatic heterocycles. The third kappa shape index (κ3) is 5.63. The Balaban J connectivity index is 1.47. The fraction of sp³-hybridized carbons (Fsp3) is 0.333. The SMILES string of the molecule is COc1ccc(Cc2cc([C@H]3CC(O)CC(COc4ccccc4)O3)ccc2Cl)c(C)c1. The van der Waals surface area contributed by atoms with Crippen molar-refractivity contribution in [3.05, 3.63) is 94.0 Å². The van der Waals surface area contributed by atoms with Crippen molar-refractivity contribution in [2.75, 3.05) is 13.7 Å². The molecule has 2 unspecified atom stereocenters. The quantitative estimate of drug-likeness (QED) is 0.484. The standard InChI is InChI=1S/C27H29ClO4/c1-18-12-24(30-2)10-8-19(18)13-21-14-20(9-11-26(21)28)27-16-22(29)15-25(32-27)17-31-23-6-4-3-5-7-23/h3-12,14,22,25,27,29H,13,15-17H2,1-2H3/t22?,25?,27-/m1/s1. The highest BCUT2D eigenvalue weighted by molar-refractivity contribution is 6.31. The summed E-state index contributed by atoms with van der Waals surface area (Å²) in [5.74, 6) is 1.65. The molecule has 1 N–H and O–H groups in total. The van der Waals surface area contributed by atoms with E-state index in [4.69, 9.17) is 25.8 Å². The Morgan fingerprint density at radius 2 is 1.78 bits per heavy atom. The van der Waals surface area contributed by atoms with E-state index >= 15 is 0 Å². The molecule has 32 heavy (non-hydrogen) atoms. The number of hydrogen-bond donors (Lipinski definition) is 1. The summed E-state index contributed by atoms with van der Waals surface area (Å²) in [6, 6.07) is 21.8. The van der Waals surface area contributed by atoms with Crippen molar-refractivity contribution in [1.82, 2.24) is 0 Å². The van der Waals surface area contributed by atoms with Crippen molar-refractivity contribution < 1.29 is 19.3 Å². The molecule has 4 nitrogen and oxygen atoms in total. The highest BCUT2D eigenvalue weighted by Gasteiger charge is 2.30. The van der Waals surface area contributed by atoms with E-state index in [2.05, 4.69) is 19.1 Å². The summed E-state index contributed by atoms with van der Waals surface area (Å²) < 4.78 is 17.5. The van der Waals surface area contributed by atoms with Gasteiger partial charge < -0.3 is 19.3 Å². The van der Waals surface area contributed by atoms with Crippen LogP contribution in [0.4, 0.5) is 0 Å². The second-order valence-electron chi connectivity index (χ2n) is 8.32. The first-order valence-electron chi connectivity index (χ1n) is 10.9. The van der Waals surface area contributed by atoms with Gasteiger partial charge in [-0.25, -0.2) is 0 Å². The minimum atomic E-state index is -0.430. The van der Waals surface area contributed by atoms with Crippen LogP contribution in [-0.4, -0.2) is 31.0 Å². The Morgan fingerprint density at radius 1 is 0.969 bits per heavy atom. The molecular weight excluding hydrogens is 424 g/mol.